The van der Waals surface area contributed by atoms with Gasteiger partial charge in [0.1, 0.15) is 17.2 Å². The molecule has 0 aliphatic rings. The monoisotopic (exact) mass is 341 g/mol. The second-order valence-electron chi connectivity index (χ2n) is 4.85. The molecule has 2 aromatic carbocycles. The van der Waals surface area contributed by atoms with Gasteiger partial charge in [-0.3, -0.25) is 9.89 Å². The molecule has 0 aliphatic heterocycles. The van der Waals surface area contributed by atoms with E-state index in [1.54, 1.807) is 0 Å². The highest BCUT2D eigenvalue weighted by Gasteiger charge is 2.33. The summed E-state index contributed by atoms with van der Waals surface area (Å²) in [6, 6.07) is 6.15. The van der Waals surface area contributed by atoms with Crippen LogP contribution < -0.4 is 5.32 Å². The van der Waals surface area contributed by atoms with E-state index in [0.29, 0.717) is 0 Å². The number of carbonyl (C=O) groups is 1. The number of para-hydroxylation sites is 1. The summed E-state index contributed by atoms with van der Waals surface area (Å²) in [6.07, 6.45) is -4.62. The van der Waals surface area contributed by atoms with Gasteiger partial charge in [-0.25, -0.2) is 8.78 Å². The van der Waals surface area contributed by atoms with Crippen molar-refractivity contribution in [1.82, 2.24) is 10.2 Å². The zero-order valence-electron chi connectivity index (χ0n) is 11.7. The molecular formula is C15H8F5N3O. The fraction of sp³-hybridized carbons (Fsp3) is 0.0667. The highest BCUT2D eigenvalue weighted by Crippen LogP contribution is 2.35. The fourth-order valence-electron chi connectivity index (χ4n) is 2.26. The number of halogens is 5. The van der Waals surface area contributed by atoms with E-state index in [-0.39, 0.29) is 16.7 Å². The van der Waals surface area contributed by atoms with E-state index in [1.165, 1.54) is 6.07 Å². The third-order valence-corrected chi connectivity index (χ3v) is 3.33. The topological polar surface area (TPSA) is 57.8 Å². The summed E-state index contributed by atoms with van der Waals surface area (Å²) in [5.41, 5.74) is -2.15. The lowest BCUT2D eigenvalue weighted by Gasteiger charge is -2.07. The number of amides is 1. The smallest absolute Gasteiger partial charge is 0.304 e. The molecule has 0 atom stereocenters. The van der Waals surface area contributed by atoms with Gasteiger partial charge in [0.2, 0.25) is 0 Å². The lowest BCUT2D eigenvalue weighted by Crippen LogP contribution is -2.16. The Balaban J connectivity index is 2.01. The van der Waals surface area contributed by atoms with Crippen molar-refractivity contribution in [2.45, 2.75) is 6.18 Å². The Labute approximate surface area is 131 Å². The van der Waals surface area contributed by atoms with Crippen molar-refractivity contribution in [3.63, 3.8) is 0 Å². The van der Waals surface area contributed by atoms with E-state index in [9.17, 15) is 26.7 Å². The van der Waals surface area contributed by atoms with Crippen molar-refractivity contribution in [2.75, 3.05) is 5.32 Å². The maximum absolute atomic E-state index is 13.6. The van der Waals surface area contributed by atoms with Crippen LogP contribution in [0.2, 0.25) is 0 Å². The van der Waals surface area contributed by atoms with Crippen molar-refractivity contribution in [2.24, 2.45) is 0 Å². The number of H-pyrrole nitrogens is 1. The number of nitrogens with one attached hydrogen (secondary N) is 2. The maximum atomic E-state index is 13.6. The van der Waals surface area contributed by atoms with Crippen LogP contribution in [0.1, 0.15) is 15.9 Å². The Hall–Kier alpha value is -2.97. The maximum Gasteiger partial charge on any atom is 0.418 e. The van der Waals surface area contributed by atoms with Crippen molar-refractivity contribution < 1.29 is 26.7 Å². The van der Waals surface area contributed by atoms with E-state index in [2.05, 4.69) is 15.5 Å². The van der Waals surface area contributed by atoms with Crippen LogP contribution >= 0.6 is 0 Å². The van der Waals surface area contributed by atoms with Crippen LogP contribution in [0, 0.1) is 11.6 Å². The molecule has 124 valence electrons. The molecule has 1 aromatic heterocycles. The number of nitrogens with zero attached hydrogens (tertiary/aromatic N) is 1. The van der Waals surface area contributed by atoms with Crippen LogP contribution in [0.5, 0.6) is 0 Å². The summed E-state index contributed by atoms with van der Waals surface area (Å²) in [7, 11) is 0. The summed E-state index contributed by atoms with van der Waals surface area (Å²) < 4.78 is 66.0. The van der Waals surface area contributed by atoms with Crippen LogP contribution in [0.3, 0.4) is 0 Å². The van der Waals surface area contributed by atoms with Crippen LogP contribution in [-0.2, 0) is 6.18 Å². The van der Waals surface area contributed by atoms with Gasteiger partial charge in [0, 0.05) is 5.39 Å². The number of anilines is 1. The van der Waals surface area contributed by atoms with Gasteiger partial charge in [-0.05, 0) is 24.3 Å². The normalized spacial score (nSPS) is 11.7. The molecule has 1 amide bonds. The van der Waals surface area contributed by atoms with Crippen molar-refractivity contribution >= 4 is 22.6 Å². The number of hydrogen-bond acceptors (Lipinski definition) is 2. The van der Waals surface area contributed by atoms with Crippen LogP contribution in [0.25, 0.3) is 10.9 Å². The standard InChI is InChI=1S/C15H8F5N3O/c16-9-5-2-6-10(17)11(9)14(24)21-13-7-3-1-4-8(15(18,19)20)12(7)22-23-13/h1-6H,(H2,21,22,23,24). The summed E-state index contributed by atoms with van der Waals surface area (Å²) in [6.45, 7) is 0. The first-order valence-electron chi connectivity index (χ1n) is 6.58. The Bertz CT molecular complexity index is 912. The van der Waals surface area contributed by atoms with Gasteiger partial charge in [-0.15, -0.1) is 0 Å². The van der Waals surface area contributed by atoms with E-state index in [4.69, 9.17) is 0 Å². The van der Waals surface area contributed by atoms with Crippen LogP contribution in [0.4, 0.5) is 27.8 Å². The highest BCUT2D eigenvalue weighted by molar-refractivity contribution is 6.08. The molecule has 0 spiro atoms. The number of fused-ring (bicyclic) bond motifs is 1. The van der Waals surface area contributed by atoms with Gasteiger partial charge < -0.3 is 5.32 Å². The van der Waals surface area contributed by atoms with Gasteiger partial charge >= 0.3 is 6.18 Å². The first-order valence-corrected chi connectivity index (χ1v) is 6.58. The van der Waals surface area contributed by atoms with E-state index >= 15 is 0 Å². The van der Waals surface area contributed by atoms with E-state index in [1.807, 2.05) is 0 Å². The highest BCUT2D eigenvalue weighted by atomic mass is 19.4. The molecule has 9 heteroatoms. The third kappa shape index (κ3) is 2.68. The van der Waals surface area contributed by atoms with Crippen molar-refractivity contribution in [3.8, 4) is 0 Å². The van der Waals surface area contributed by atoms with E-state index < -0.39 is 34.8 Å². The third-order valence-electron chi connectivity index (χ3n) is 3.33. The molecule has 4 nitrogen and oxygen atoms in total. The van der Waals surface area contributed by atoms with Crippen molar-refractivity contribution in [1.29, 1.82) is 0 Å². The largest absolute Gasteiger partial charge is 0.418 e. The van der Waals surface area contributed by atoms with Gasteiger partial charge in [0.05, 0.1) is 11.1 Å². The molecule has 3 aromatic rings. The molecule has 1 heterocycles. The Morgan fingerprint density at radius 2 is 1.67 bits per heavy atom. The molecule has 0 bridgehead atoms. The molecule has 0 fully saturated rings. The summed E-state index contributed by atoms with van der Waals surface area (Å²) in [5.74, 6) is -3.60. The second kappa shape index (κ2) is 5.59. The number of alkyl halides is 3. The minimum absolute atomic E-state index is 0.0325. The van der Waals surface area contributed by atoms with Crippen LogP contribution in [-0.4, -0.2) is 16.1 Å². The molecule has 3 rings (SSSR count). The molecule has 0 saturated heterocycles. The van der Waals surface area contributed by atoms with Gasteiger partial charge in [0.15, 0.2) is 5.82 Å². The van der Waals surface area contributed by atoms with E-state index in [0.717, 1.165) is 30.3 Å². The summed E-state index contributed by atoms with van der Waals surface area (Å²) in [5, 5.41) is 7.85. The minimum Gasteiger partial charge on any atom is -0.304 e. The summed E-state index contributed by atoms with van der Waals surface area (Å²) >= 11 is 0. The Kier molecular flexibility index (Phi) is 3.70. The zero-order valence-corrected chi connectivity index (χ0v) is 11.7. The minimum atomic E-state index is -4.62. The predicted octanol–water partition coefficient (Wildman–Crippen LogP) is 4.11. The number of aromatic nitrogens is 2. The quantitative estimate of drug-likeness (QED) is 0.689. The number of aromatic amines is 1. The molecule has 24 heavy (non-hydrogen) atoms. The van der Waals surface area contributed by atoms with Crippen molar-refractivity contribution in [3.05, 3.63) is 59.2 Å². The SMILES string of the molecule is O=C(Nc1n[nH]c2c(C(F)(F)F)cccc12)c1c(F)cccc1F. The second-order valence-corrected chi connectivity index (χ2v) is 4.85. The predicted molar refractivity (Wildman–Crippen MR) is 75.4 cm³/mol. The van der Waals surface area contributed by atoms with Crippen LogP contribution in [0.15, 0.2) is 36.4 Å². The molecule has 0 aliphatic carbocycles. The van der Waals surface area contributed by atoms with Gasteiger partial charge in [0.25, 0.3) is 5.91 Å². The first kappa shape index (κ1) is 15.9. The van der Waals surface area contributed by atoms with Gasteiger partial charge in [-0.1, -0.05) is 12.1 Å². The molecule has 0 radical (unpaired) electrons. The number of rotatable bonds is 2. The fourth-order valence-corrected chi connectivity index (χ4v) is 2.26. The number of benzene rings is 2. The molecule has 2 N–H and O–H groups in total. The number of carbonyl (C=O) groups excluding carboxylic acids is 1. The Morgan fingerprint density at radius 1 is 1.04 bits per heavy atom. The average Bonchev–Trinajstić information content (AvgIpc) is 2.89. The Morgan fingerprint density at radius 3 is 2.29 bits per heavy atom. The first-order chi connectivity index (χ1) is 11.3. The summed E-state index contributed by atoms with van der Waals surface area (Å²) in [4.78, 5) is 12.0. The van der Waals surface area contributed by atoms with Gasteiger partial charge in [-0.2, -0.15) is 18.3 Å². The molecule has 0 saturated carbocycles. The lowest BCUT2D eigenvalue weighted by molar-refractivity contribution is -0.136. The zero-order chi connectivity index (χ0) is 17.5. The molecular weight excluding hydrogens is 333 g/mol. The lowest BCUT2D eigenvalue weighted by atomic mass is 10.1. The molecule has 0 unspecified atom stereocenters. The number of hydrogen-bond donors (Lipinski definition) is 2. The average molecular weight is 341 g/mol.